The van der Waals surface area contributed by atoms with Crippen molar-refractivity contribution in [1.29, 1.82) is 0 Å². The number of thioether (sulfide) groups is 1. The van der Waals surface area contributed by atoms with Crippen LogP contribution in [0.15, 0.2) is 23.2 Å². The lowest BCUT2D eigenvalue weighted by molar-refractivity contribution is -0.137. The van der Waals surface area contributed by atoms with E-state index in [1.807, 2.05) is 0 Å². The molecule has 3 rings (SSSR count). The number of alkyl halides is 3. The first-order valence-corrected chi connectivity index (χ1v) is 11.1. The van der Waals surface area contributed by atoms with Gasteiger partial charge in [-0.2, -0.15) is 18.2 Å². The van der Waals surface area contributed by atoms with E-state index in [1.54, 1.807) is 13.8 Å². The summed E-state index contributed by atoms with van der Waals surface area (Å²) < 4.78 is 63.7. The molecule has 0 aliphatic carbocycles. The maximum atomic E-state index is 13.2. The van der Waals surface area contributed by atoms with Crippen LogP contribution in [0.1, 0.15) is 19.4 Å². The third-order valence-electron chi connectivity index (χ3n) is 4.30. The molecule has 0 radical (unpaired) electrons. The Labute approximate surface area is 163 Å². The van der Waals surface area contributed by atoms with Crippen molar-refractivity contribution < 1.29 is 26.4 Å². The summed E-state index contributed by atoms with van der Waals surface area (Å²) in [5.41, 5.74) is -0.912. The Hall–Kier alpha value is -1.26. The van der Waals surface area contributed by atoms with Crippen LogP contribution >= 0.6 is 23.4 Å². The summed E-state index contributed by atoms with van der Waals surface area (Å²) in [4.78, 5) is 17.5. The fourth-order valence-corrected chi connectivity index (χ4v) is 7.11. The molecule has 11 heteroatoms. The van der Waals surface area contributed by atoms with Crippen LogP contribution in [0.3, 0.4) is 0 Å². The number of fused-ring (bicyclic) bond motifs is 1. The topological polar surface area (TPSA) is 66.8 Å². The number of amides is 1. The minimum absolute atomic E-state index is 0.104. The minimum Gasteiger partial charge on any atom is -0.316 e. The van der Waals surface area contributed by atoms with Crippen molar-refractivity contribution >= 4 is 50.0 Å². The lowest BCUT2D eigenvalue weighted by Crippen LogP contribution is -2.38. The fraction of sp³-hybridized carbons (Fsp3) is 0.500. The molecule has 2 aliphatic heterocycles. The molecular formula is C16H16ClF3N2O3S2. The van der Waals surface area contributed by atoms with Crippen molar-refractivity contribution in [2.75, 3.05) is 16.4 Å². The molecule has 0 N–H and O–H groups in total. The summed E-state index contributed by atoms with van der Waals surface area (Å²) in [6.07, 6.45) is -4.66. The third kappa shape index (κ3) is 4.12. The summed E-state index contributed by atoms with van der Waals surface area (Å²) in [6, 6.07) is 2.77. The van der Waals surface area contributed by atoms with Crippen LogP contribution in [-0.4, -0.2) is 42.3 Å². The summed E-state index contributed by atoms with van der Waals surface area (Å²) in [5.74, 6) is -1.12. The molecule has 27 heavy (non-hydrogen) atoms. The Morgan fingerprint density at radius 2 is 2.00 bits per heavy atom. The first-order chi connectivity index (χ1) is 12.4. The average molecular weight is 441 g/mol. The van der Waals surface area contributed by atoms with Crippen molar-refractivity contribution in [2.24, 2.45) is 10.9 Å². The number of sulfone groups is 1. The highest BCUT2D eigenvalue weighted by Gasteiger charge is 2.49. The molecule has 2 aliphatic rings. The molecule has 0 bridgehead atoms. The van der Waals surface area contributed by atoms with Crippen LogP contribution in [0, 0.1) is 5.92 Å². The molecule has 1 amide bonds. The monoisotopic (exact) mass is 440 g/mol. The summed E-state index contributed by atoms with van der Waals surface area (Å²) in [7, 11) is -3.31. The van der Waals surface area contributed by atoms with E-state index in [-0.39, 0.29) is 28.3 Å². The van der Waals surface area contributed by atoms with Gasteiger partial charge in [0.15, 0.2) is 15.0 Å². The molecule has 0 aromatic heterocycles. The predicted molar refractivity (Wildman–Crippen MR) is 100 cm³/mol. The quantitative estimate of drug-likeness (QED) is 0.702. The number of amidine groups is 1. The second-order valence-corrected chi connectivity index (χ2v) is 10.5. The SMILES string of the molecule is CC(C)C(=O)N=C1S[C@H]2CS(=O)(=O)C[C@H]2N1c1ccc(Cl)c(C(F)(F)F)c1. The van der Waals surface area contributed by atoms with Gasteiger partial charge in [0, 0.05) is 16.9 Å². The summed E-state index contributed by atoms with van der Waals surface area (Å²) in [6.45, 7) is 3.32. The lowest BCUT2D eigenvalue weighted by Gasteiger charge is -2.25. The van der Waals surface area contributed by atoms with Gasteiger partial charge in [-0.15, -0.1) is 0 Å². The number of halogens is 4. The van der Waals surface area contributed by atoms with Gasteiger partial charge in [-0.3, -0.25) is 4.79 Å². The zero-order chi connectivity index (χ0) is 20.1. The first-order valence-electron chi connectivity index (χ1n) is 8.04. The smallest absolute Gasteiger partial charge is 0.316 e. The van der Waals surface area contributed by atoms with Crippen molar-refractivity contribution in [3.63, 3.8) is 0 Å². The van der Waals surface area contributed by atoms with E-state index < -0.39 is 43.8 Å². The molecule has 0 spiro atoms. The molecule has 5 nitrogen and oxygen atoms in total. The Morgan fingerprint density at radius 3 is 2.59 bits per heavy atom. The van der Waals surface area contributed by atoms with E-state index in [4.69, 9.17) is 11.6 Å². The van der Waals surface area contributed by atoms with Gasteiger partial charge in [0.2, 0.25) is 0 Å². The van der Waals surface area contributed by atoms with Crippen LogP contribution in [0.4, 0.5) is 18.9 Å². The maximum absolute atomic E-state index is 13.2. The van der Waals surface area contributed by atoms with Gasteiger partial charge in [0.25, 0.3) is 5.91 Å². The van der Waals surface area contributed by atoms with Gasteiger partial charge in [-0.1, -0.05) is 37.2 Å². The predicted octanol–water partition coefficient (Wildman–Crippen LogP) is 3.62. The normalized spacial score (nSPS) is 26.0. The second-order valence-electron chi connectivity index (χ2n) is 6.72. The van der Waals surface area contributed by atoms with E-state index in [0.29, 0.717) is 0 Å². The number of benzene rings is 1. The van der Waals surface area contributed by atoms with Crippen molar-refractivity contribution in [3.05, 3.63) is 28.8 Å². The molecule has 2 fully saturated rings. The Balaban J connectivity index is 2.09. The first kappa shape index (κ1) is 20.5. The van der Waals surface area contributed by atoms with E-state index in [0.717, 1.165) is 23.9 Å². The number of carbonyl (C=O) groups is 1. The maximum Gasteiger partial charge on any atom is 0.417 e. The van der Waals surface area contributed by atoms with E-state index in [2.05, 4.69) is 4.99 Å². The van der Waals surface area contributed by atoms with E-state index in [1.165, 1.54) is 11.0 Å². The number of hydrogen-bond donors (Lipinski definition) is 0. The zero-order valence-electron chi connectivity index (χ0n) is 14.3. The molecule has 0 unspecified atom stereocenters. The number of rotatable bonds is 2. The largest absolute Gasteiger partial charge is 0.417 e. The number of carbonyl (C=O) groups excluding carboxylic acids is 1. The van der Waals surface area contributed by atoms with Crippen LogP contribution in [0.5, 0.6) is 0 Å². The van der Waals surface area contributed by atoms with Gasteiger partial charge < -0.3 is 4.90 Å². The van der Waals surface area contributed by atoms with Gasteiger partial charge >= 0.3 is 6.18 Å². The molecule has 2 atom stereocenters. The zero-order valence-corrected chi connectivity index (χ0v) is 16.7. The van der Waals surface area contributed by atoms with Crippen LogP contribution in [-0.2, 0) is 20.8 Å². The minimum atomic E-state index is -4.66. The van der Waals surface area contributed by atoms with Gasteiger partial charge in [0.05, 0.1) is 28.1 Å². The molecule has 0 saturated carbocycles. The van der Waals surface area contributed by atoms with Gasteiger partial charge in [-0.25, -0.2) is 8.42 Å². The van der Waals surface area contributed by atoms with Crippen molar-refractivity contribution in [2.45, 2.75) is 31.3 Å². The molecule has 1 aromatic carbocycles. The van der Waals surface area contributed by atoms with Crippen molar-refractivity contribution in [3.8, 4) is 0 Å². The molecule has 1 aromatic rings. The fourth-order valence-electron chi connectivity index (χ4n) is 2.97. The number of aliphatic imine (C=N–C) groups is 1. The molecule has 2 saturated heterocycles. The van der Waals surface area contributed by atoms with Crippen LogP contribution in [0.2, 0.25) is 5.02 Å². The highest BCUT2D eigenvalue weighted by atomic mass is 35.5. The second kappa shape index (κ2) is 6.97. The van der Waals surface area contributed by atoms with Crippen molar-refractivity contribution in [1.82, 2.24) is 0 Å². The summed E-state index contributed by atoms with van der Waals surface area (Å²) in [5, 5.41) is -0.627. The highest BCUT2D eigenvalue weighted by Crippen LogP contribution is 2.43. The van der Waals surface area contributed by atoms with Crippen LogP contribution < -0.4 is 4.90 Å². The van der Waals surface area contributed by atoms with Crippen LogP contribution in [0.25, 0.3) is 0 Å². The van der Waals surface area contributed by atoms with Gasteiger partial charge in [0.1, 0.15) is 0 Å². The molecular weight excluding hydrogens is 425 g/mol. The Morgan fingerprint density at radius 1 is 1.33 bits per heavy atom. The number of hydrogen-bond acceptors (Lipinski definition) is 4. The average Bonchev–Trinajstić information content (AvgIpc) is 2.97. The van der Waals surface area contributed by atoms with E-state index >= 15 is 0 Å². The number of anilines is 1. The number of nitrogens with zero attached hydrogens (tertiary/aromatic N) is 2. The Kier molecular flexibility index (Phi) is 5.28. The molecule has 2 heterocycles. The third-order valence-corrected chi connectivity index (χ3v) is 7.84. The Bertz CT molecular complexity index is 916. The van der Waals surface area contributed by atoms with Gasteiger partial charge in [-0.05, 0) is 18.2 Å². The standard InChI is InChI=1S/C16H16ClF3N2O3S2/c1-8(2)14(23)21-15-22(12-6-27(24,25)7-13(12)26-15)9-3-4-11(17)10(5-9)16(18,19)20/h3-5,8,12-13H,6-7H2,1-2H3/t12-,13+/m1/s1. The highest BCUT2D eigenvalue weighted by molar-refractivity contribution is 8.16. The lowest BCUT2D eigenvalue weighted by atomic mass is 10.1. The van der Waals surface area contributed by atoms with E-state index in [9.17, 15) is 26.4 Å². The summed E-state index contributed by atoms with van der Waals surface area (Å²) >= 11 is 6.79. The molecule has 148 valence electrons.